The van der Waals surface area contributed by atoms with E-state index in [1.807, 2.05) is 0 Å². The van der Waals surface area contributed by atoms with Crippen molar-refractivity contribution < 1.29 is 14.4 Å². The lowest BCUT2D eigenvalue weighted by Gasteiger charge is -2.10. The number of amides is 3. The van der Waals surface area contributed by atoms with E-state index in [0.29, 0.717) is 15.6 Å². The molecule has 4 N–H and O–H groups in total. The third-order valence-electron chi connectivity index (χ3n) is 2.36. The van der Waals surface area contributed by atoms with Gasteiger partial charge in [-0.3, -0.25) is 14.4 Å². The van der Waals surface area contributed by atoms with Crippen molar-refractivity contribution in [2.45, 2.75) is 18.2 Å². The van der Waals surface area contributed by atoms with Crippen LogP contribution in [-0.4, -0.2) is 23.6 Å². The Labute approximate surface area is 137 Å². The van der Waals surface area contributed by atoms with Crippen LogP contribution in [-0.2, 0) is 4.79 Å². The van der Waals surface area contributed by atoms with Crippen molar-refractivity contribution in [3.8, 4) is 0 Å². The Balaban J connectivity index is 2.85. The first-order valence-electron chi connectivity index (χ1n) is 6.30. The van der Waals surface area contributed by atoms with Crippen molar-refractivity contribution in [2.75, 3.05) is 6.54 Å². The minimum absolute atomic E-state index is 0.0327. The van der Waals surface area contributed by atoms with Gasteiger partial charge in [0, 0.05) is 28.6 Å². The summed E-state index contributed by atoms with van der Waals surface area (Å²) in [5.74, 6) is -0.948. The van der Waals surface area contributed by atoms with Crippen molar-refractivity contribution in [1.29, 1.82) is 0 Å². The molecule has 0 atom stereocenters. The average molecular weight is 342 g/mol. The molecule has 0 heterocycles. The van der Waals surface area contributed by atoms with Gasteiger partial charge >= 0.3 is 0 Å². The van der Waals surface area contributed by atoms with Crippen molar-refractivity contribution in [3.63, 3.8) is 0 Å². The zero-order chi connectivity index (χ0) is 16.7. The molecular formula is C14H16ClN3O3S. The Morgan fingerprint density at radius 2 is 2.05 bits per heavy atom. The van der Waals surface area contributed by atoms with E-state index >= 15 is 0 Å². The highest BCUT2D eigenvalue weighted by Gasteiger charge is 2.15. The van der Waals surface area contributed by atoms with Gasteiger partial charge in [0.15, 0.2) is 0 Å². The topological polar surface area (TPSA) is 101 Å². The molecule has 0 unspecified atom stereocenters. The SMILES string of the molecule is C=C(C)NC(=O)Sc1ccc(Cl)cc1C(=O)NCCC(N)=O. The Morgan fingerprint density at radius 3 is 2.64 bits per heavy atom. The summed E-state index contributed by atoms with van der Waals surface area (Å²) in [5, 5.41) is 5.09. The molecule has 0 aliphatic rings. The lowest BCUT2D eigenvalue weighted by molar-refractivity contribution is -0.117. The fraction of sp³-hybridized carbons (Fsp3) is 0.214. The Morgan fingerprint density at radius 1 is 1.36 bits per heavy atom. The van der Waals surface area contributed by atoms with E-state index in [4.69, 9.17) is 17.3 Å². The van der Waals surface area contributed by atoms with Gasteiger partial charge in [0.2, 0.25) is 5.91 Å². The van der Waals surface area contributed by atoms with Crippen LogP contribution in [0, 0.1) is 0 Å². The molecular weight excluding hydrogens is 326 g/mol. The van der Waals surface area contributed by atoms with E-state index in [0.717, 1.165) is 11.8 Å². The summed E-state index contributed by atoms with van der Waals surface area (Å²) in [4.78, 5) is 35.0. The third kappa shape index (κ3) is 6.19. The fourth-order valence-electron chi connectivity index (χ4n) is 1.46. The quantitative estimate of drug-likeness (QED) is 0.691. The maximum absolute atomic E-state index is 12.1. The van der Waals surface area contributed by atoms with Gasteiger partial charge in [0.05, 0.1) is 5.56 Å². The van der Waals surface area contributed by atoms with Crippen molar-refractivity contribution in [3.05, 3.63) is 41.1 Å². The summed E-state index contributed by atoms with van der Waals surface area (Å²) in [6.45, 7) is 5.34. The highest BCUT2D eigenvalue weighted by Crippen LogP contribution is 2.26. The summed E-state index contributed by atoms with van der Waals surface area (Å²) in [6, 6.07) is 4.61. The van der Waals surface area contributed by atoms with Gasteiger partial charge in [-0.05, 0) is 36.9 Å². The van der Waals surface area contributed by atoms with Gasteiger partial charge in [-0.1, -0.05) is 18.2 Å². The summed E-state index contributed by atoms with van der Waals surface area (Å²) < 4.78 is 0. The molecule has 0 bridgehead atoms. The normalized spacial score (nSPS) is 9.91. The molecule has 0 saturated carbocycles. The standard InChI is InChI=1S/C14H16ClN3O3S/c1-8(2)18-14(21)22-11-4-3-9(15)7-10(11)13(20)17-6-5-12(16)19/h3-4,7H,1,5-6H2,2H3,(H2,16,19)(H,17,20)(H,18,21). The van der Waals surface area contributed by atoms with Crippen LogP contribution in [0.1, 0.15) is 23.7 Å². The first-order valence-corrected chi connectivity index (χ1v) is 7.49. The van der Waals surface area contributed by atoms with E-state index in [9.17, 15) is 14.4 Å². The molecule has 0 aliphatic heterocycles. The zero-order valence-electron chi connectivity index (χ0n) is 11.9. The van der Waals surface area contributed by atoms with Gasteiger partial charge in [-0.2, -0.15) is 0 Å². The van der Waals surface area contributed by atoms with Gasteiger partial charge in [0.25, 0.3) is 11.1 Å². The van der Waals surface area contributed by atoms with Gasteiger partial charge < -0.3 is 16.4 Å². The maximum Gasteiger partial charge on any atom is 0.288 e. The molecule has 3 amide bonds. The minimum Gasteiger partial charge on any atom is -0.370 e. The molecule has 8 heteroatoms. The van der Waals surface area contributed by atoms with Crippen LogP contribution in [0.5, 0.6) is 0 Å². The summed E-state index contributed by atoms with van der Waals surface area (Å²) in [5.41, 5.74) is 5.75. The largest absolute Gasteiger partial charge is 0.370 e. The molecule has 0 fully saturated rings. The molecule has 0 spiro atoms. The van der Waals surface area contributed by atoms with Crippen molar-refractivity contribution >= 4 is 40.4 Å². The number of hydrogen-bond acceptors (Lipinski definition) is 4. The third-order valence-corrected chi connectivity index (χ3v) is 3.46. The Kier molecular flexibility index (Phi) is 6.94. The number of nitrogens with two attached hydrogens (primary N) is 1. The number of hydrogen-bond donors (Lipinski definition) is 3. The summed E-state index contributed by atoms with van der Waals surface area (Å²) in [7, 11) is 0. The number of allylic oxidation sites excluding steroid dienone is 1. The fourth-order valence-corrected chi connectivity index (χ4v) is 2.46. The first-order chi connectivity index (χ1) is 10.3. The number of nitrogens with one attached hydrogen (secondary N) is 2. The Bertz CT molecular complexity index is 619. The molecule has 22 heavy (non-hydrogen) atoms. The smallest absolute Gasteiger partial charge is 0.288 e. The first kappa shape index (κ1) is 18.1. The van der Waals surface area contributed by atoms with E-state index in [2.05, 4.69) is 17.2 Å². The highest BCUT2D eigenvalue weighted by atomic mass is 35.5. The van der Waals surface area contributed by atoms with Crippen LogP contribution in [0.3, 0.4) is 0 Å². The van der Waals surface area contributed by atoms with E-state index < -0.39 is 11.8 Å². The zero-order valence-corrected chi connectivity index (χ0v) is 13.5. The minimum atomic E-state index is -0.512. The molecule has 1 rings (SSSR count). The monoisotopic (exact) mass is 341 g/mol. The van der Waals surface area contributed by atoms with E-state index in [-0.39, 0.29) is 23.8 Å². The molecule has 118 valence electrons. The molecule has 0 aliphatic carbocycles. The second-order valence-corrected chi connectivity index (χ2v) is 5.86. The predicted molar refractivity (Wildman–Crippen MR) is 86.8 cm³/mol. The number of rotatable bonds is 6. The molecule has 0 aromatic heterocycles. The van der Waals surface area contributed by atoms with Gasteiger partial charge in [0.1, 0.15) is 0 Å². The second-order valence-electron chi connectivity index (χ2n) is 4.41. The second kappa shape index (κ2) is 8.45. The van der Waals surface area contributed by atoms with Gasteiger partial charge in [-0.25, -0.2) is 0 Å². The van der Waals surface area contributed by atoms with Crippen LogP contribution in [0.2, 0.25) is 5.02 Å². The van der Waals surface area contributed by atoms with Gasteiger partial charge in [-0.15, -0.1) is 0 Å². The lowest BCUT2D eigenvalue weighted by atomic mass is 10.2. The van der Waals surface area contributed by atoms with E-state index in [1.165, 1.54) is 6.07 Å². The van der Waals surface area contributed by atoms with E-state index in [1.54, 1.807) is 19.1 Å². The number of carbonyl (C=O) groups excluding carboxylic acids is 3. The predicted octanol–water partition coefficient (Wildman–Crippen LogP) is 2.28. The maximum atomic E-state index is 12.1. The van der Waals surface area contributed by atoms with Crippen molar-refractivity contribution in [2.24, 2.45) is 5.73 Å². The number of benzene rings is 1. The van der Waals surface area contributed by atoms with Crippen LogP contribution in [0.15, 0.2) is 35.4 Å². The summed E-state index contributed by atoms with van der Waals surface area (Å²) in [6.07, 6.45) is 0.0327. The number of primary amides is 1. The van der Waals surface area contributed by atoms with Crippen molar-refractivity contribution in [1.82, 2.24) is 10.6 Å². The molecule has 1 aromatic rings. The van der Waals surface area contributed by atoms with Crippen LogP contribution in [0.25, 0.3) is 0 Å². The number of thioether (sulfide) groups is 1. The van der Waals surface area contributed by atoms with Crippen LogP contribution >= 0.6 is 23.4 Å². The molecule has 0 saturated heterocycles. The molecule has 0 radical (unpaired) electrons. The lowest BCUT2D eigenvalue weighted by Crippen LogP contribution is -2.28. The Hall–Kier alpha value is -1.99. The van der Waals surface area contributed by atoms with Crippen LogP contribution in [0.4, 0.5) is 4.79 Å². The molecule has 6 nitrogen and oxygen atoms in total. The highest BCUT2D eigenvalue weighted by molar-refractivity contribution is 8.13. The summed E-state index contributed by atoms with van der Waals surface area (Å²) >= 11 is 6.74. The van der Waals surface area contributed by atoms with Crippen LogP contribution < -0.4 is 16.4 Å². The number of halogens is 1. The number of carbonyl (C=O) groups is 3. The average Bonchev–Trinajstić information content (AvgIpc) is 2.39. The molecule has 1 aromatic carbocycles.